The quantitative estimate of drug-likeness (QED) is 0.359. The molecule has 7 heteroatoms. The monoisotopic (exact) mass is 526 g/mol. The molecule has 2 N–H and O–H groups in total. The number of rotatable bonds is 10. The Kier molecular flexibility index (Phi) is 8.25. The minimum atomic E-state index is -0.922. The van der Waals surface area contributed by atoms with Crippen molar-refractivity contribution in [3.8, 4) is 11.1 Å². The van der Waals surface area contributed by atoms with Crippen LogP contribution in [0.15, 0.2) is 78.9 Å². The molecule has 1 saturated carbocycles. The van der Waals surface area contributed by atoms with Crippen LogP contribution in [0.4, 0.5) is 4.79 Å². The topological polar surface area (TPSA) is 95.9 Å². The van der Waals surface area contributed by atoms with Crippen molar-refractivity contribution >= 4 is 18.0 Å². The zero-order valence-electron chi connectivity index (χ0n) is 21.9. The highest BCUT2D eigenvalue weighted by molar-refractivity contribution is 5.79. The number of fused-ring (bicyclic) bond motifs is 3. The Hall–Kier alpha value is -4.13. The third-order valence-corrected chi connectivity index (χ3v) is 7.83. The predicted molar refractivity (Wildman–Crippen MR) is 148 cm³/mol. The lowest BCUT2D eigenvalue weighted by atomic mass is 9.98. The van der Waals surface area contributed by atoms with Crippen LogP contribution in [0.2, 0.25) is 0 Å². The van der Waals surface area contributed by atoms with Gasteiger partial charge in [-0.1, -0.05) is 78.9 Å². The summed E-state index contributed by atoms with van der Waals surface area (Å²) < 4.78 is 5.70. The van der Waals surface area contributed by atoms with Crippen LogP contribution in [-0.2, 0) is 20.9 Å². The molecule has 2 unspecified atom stereocenters. The summed E-state index contributed by atoms with van der Waals surface area (Å²) in [6.07, 6.45) is 2.15. The van der Waals surface area contributed by atoms with Gasteiger partial charge in [0, 0.05) is 31.5 Å². The van der Waals surface area contributed by atoms with Crippen LogP contribution in [0.3, 0.4) is 0 Å². The number of carbonyl (C=O) groups excluding carboxylic acids is 2. The highest BCUT2D eigenvalue weighted by atomic mass is 16.5. The summed E-state index contributed by atoms with van der Waals surface area (Å²) in [6, 6.07) is 26.0. The molecular weight excluding hydrogens is 492 g/mol. The van der Waals surface area contributed by atoms with Crippen molar-refractivity contribution in [1.29, 1.82) is 0 Å². The van der Waals surface area contributed by atoms with Crippen molar-refractivity contribution in [3.63, 3.8) is 0 Å². The molecule has 0 saturated heterocycles. The maximum absolute atomic E-state index is 13.1. The number of benzene rings is 3. The molecule has 0 aliphatic heterocycles. The average molecular weight is 527 g/mol. The standard InChI is InChI=1S/C32H34N2O5/c35-30(34(17-16-31(36)37)20-22-8-2-1-3-9-22)19-23-14-15-24(18-23)33-32(38)39-21-29-27-12-6-4-10-25(27)26-11-5-7-13-28(26)29/h1-13,23-24,29H,14-21H2,(H,33,38)(H,36,37). The Morgan fingerprint density at radius 1 is 0.872 bits per heavy atom. The van der Waals surface area contributed by atoms with E-state index < -0.39 is 12.1 Å². The van der Waals surface area contributed by atoms with Gasteiger partial charge in [0.25, 0.3) is 0 Å². The molecule has 2 aliphatic carbocycles. The van der Waals surface area contributed by atoms with Crippen molar-refractivity contribution in [3.05, 3.63) is 95.6 Å². The predicted octanol–water partition coefficient (Wildman–Crippen LogP) is 5.59. The minimum Gasteiger partial charge on any atom is -0.481 e. The van der Waals surface area contributed by atoms with Gasteiger partial charge in [-0.15, -0.1) is 0 Å². The summed E-state index contributed by atoms with van der Waals surface area (Å²) in [5.74, 6) is -0.820. The smallest absolute Gasteiger partial charge is 0.407 e. The fourth-order valence-corrected chi connectivity index (χ4v) is 5.90. The molecule has 5 rings (SSSR count). The lowest BCUT2D eigenvalue weighted by Gasteiger charge is -2.24. The molecule has 0 heterocycles. The zero-order valence-corrected chi connectivity index (χ0v) is 21.9. The fraction of sp³-hybridized carbons (Fsp3) is 0.344. The molecule has 7 nitrogen and oxygen atoms in total. The molecule has 1 fully saturated rings. The van der Waals surface area contributed by atoms with E-state index in [1.165, 1.54) is 22.3 Å². The molecule has 0 spiro atoms. The van der Waals surface area contributed by atoms with E-state index in [4.69, 9.17) is 9.84 Å². The summed E-state index contributed by atoms with van der Waals surface area (Å²) in [6.45, 7) is 0.838. The van der Waals surface area contributed by atoms with Crippen molar-refractivity contribution < 1.29 is 24.2 Å². The lowest BCUT2D eigenvalue weighted by Crippen LogP contribution is -2.35. The summed E-state index contributed by atoms with van der Waals surface area (Å²) in [5.41, 5.74) is 5.70. The second-order valence-electron chi connectivity index (χ2n) is 10.5. The molecule has 39 heavy (non-hydrogen) atoms. The molecule has 0 bridgehead atoms. The van der Waals surface area contributed by atoms with Gasteiger partial charge in [0.05, 0.1) is 6.42 Å². The highest BCUT2D eigenvalue weighted by Crippen LogP contribution is 2.44. The molecule has 0 aromatic heterocycles. The molecule has 2 amide bonds. The SMILES string of the molecule is O=C(O)CCN(Cc1ccccc1)C(=O)CC1CCC(NC(=O)OCC2c3ccccc3-c3ccccc32)C1. The van der Waals surface area contributed by atoms with Gasteiger partial charge in [0.1, 0.15) is 6.61 Å². The summed E-state index contributed by atoms with van der Waals surface area (Å²) in [7, 11) is 0. The van der Waals surface area contributed by atoms with E-state index in [1.54, 1.807) is 4.90 Å². The average Bonchev–Trinajstić information content (AvgIpc) is 3.51. The Morgan fingerprint density at radius 3 is 2.18 bits per heavy atom. The summed E-state index contributed by atoms with van der Waals surface area (Å²) >= 11 is 0. The first kappa shape index (κ1) is 26.5. The van der Waals surface area contributed by atoms with E-state index in [0.29, 0.717) is 19.4 Å². The number of carbonyl (C=O) groups is 3. The third-order valence-electron chi connectivity index (χ3n) is 7.83. The summed E-state index contributed by atoms with van der Waals surface area (Å²) in [4.78, 5) is 38.6. The van der Waals surface area contributed by atoms with E-state index in [1.807, 2.05) is 54.6 Å². The van der Waals surface area contributed by atoms with Gasteiger partial charge in [0.15, 0.2) is 0 Å². The van der Waals surface area contributed by atoms with Crippen molar-refractivity contribution in [2.24, 2.45) is 5.92 Å². The van der Waals surface area contributed by atoms with Crippen molar-refractivity contribution in [2.45, 2.75) is 50.6 Å². The highest BCUT2D eigenvalue weighted by Gasteiger charge is 2.31. The Balaban J connectivity index is 1.12. The van der Waals surface area contributed by atoms with Crippen LogP contribution in [-0.4, -0.2) is 47.2 Å². The molecule has 0 radical (unpaired) electrons. The number of ether oxygens (including phenoxy) is 1. The van der Waals surface area contributed by atoms with Gasteiger partial charge in [-0.05, 0) is 53.0 Å². The first-order valence-corrected chi connectivity index (χ1v) is 13.6. The van der Waals surface area contributed by atoms with Crippen LogP contribution in [0, 0.1) is 5.92 Å². The Labute approximate surface area is 228 Å². The molecule has 202 valence electrons. The van der Waals surface area contributed by atoms with Crippen LogP contribution < -0.4 is 5.32 Å². The van der Waals surface area contributed by atoms with E-state index in [9.17, 15) is 14.4 Å². The fourth-order valence-electron chi connectivity index (χ4n) is 5.90. The normalized spacial score (nSPS) is 17.7. The van der Waals surface area contributed by atoms with E-state index in [0.717, 1.165) is 18.4 Å². The third kappa shape index (κ3) is 6.48. The van der Waals surface area contributed by atoms with Gasteiger partial charge in [-0.25, -0.2) is 4.79 Å². The minimum absolute atomic E-state index is 0.0125. The van der Waals surface area contributed by atoms with Gasteiger partial charge in [-0.3, -0.25) is 9.59 Å². The number of amides is 2. The van der Waals surface area contributed by atoms with Crippen LogP contribution in [0.25, 0.3) is 11.1 Å². The van der Waals surface area contributed by atoms with Gasteiger partial charge in [0.2, 0.25) is 5.91 Å². The largest absolute Gasteiger partial charge is 0.481 e. The maximum atomic E-state index is 13.1. The zero-order chi connectivity index (χ0) is 27.2. The van der Waals surface area contributed by atoms with Crippen molar-refractivity contribution in [1.82, 2.24) is 10.2 Å². The Bertz CT molecular complexity index is 1280. The number of hydrogen-bond donors (Lipinski definition) is 2. The van der Waals surface area contributed by atoms with Crippen molar-refractivity contribution in [2.75, 3.05) is 13.2 Å². The number of nitrogens with one attached hydrogen (secondary N) is 1. The lowest BCUT2D eigenvalue weighted by molar-refractivity contribution is -0.139. The molecular formula is C32H34N2O5. The van der Waals surface area contributed by atoms with E-state index >= 15 is 0 Å². The van der Waals surface area contributed by atoms with Gasteiger partial charge < -0.3 is 20.1 Å². The molecule has 2 aliphatic rings. The number of carboxylic acid groups (broad SMARTS) is 1. The van der Waals surface area contributed by atoms with Crippen LogP contribution >= 0.6 is 0 Å². The number of hydrogen-bond acceptors (Lipinski definition) is 4. The van der Waals surface area contributed by atoms with Crippen LogP contribution in [0.5, 0.6) is 0 Å². The second kappa shape index (κ2) is 12.2. The molecule has 3 aromatic carbocycles. The summed E-state index contributed by atoms with van der Waals surface area (Å²) in [5, 5.41) is 12.1. The van der Waals surface area contributed by atoms with E-state index in [-0.39, 0.29) is 43.4 Å². The number of aliphatic carboxylic acids is 1. The van der Waals surface area contributed by atoms with Gasteiger partial charge in [-0.2, -0.15) is 0 Å². The Morgan fingerprint density at radius 2 is 1.51 bits per heavy atom. The number of alkyl carbamates (subject to hydrolysis) is 1. The number of nitrogens with zero attached hydrogens (tertiary/aromatic N) is 1. The molecule has 3 aromatic rings. The molecule has 2 atom stereocenters. The van der Waals surface area contributed by atoms with E-state index in [2.05, 4.69) is 29.6 Å². The number of carboxylic acids is 1. The second-order valence-corrected chi connectivity index (χ2v) is 10.5. The van der Waals surface area contributed by atoms with Gasteiger partial charge >= 0.3 is 12.1 Å². The van der Waals surface area contributed by atoms with Crippen LogP contribution in [0.1, 0.15) is 54.7 Å². The first-order chi connectivity index (χ1) is 19.0. The first-order valence-electron chi connectivity index (χ1n) is 13.6. The maximum Gasteiger partial charge on any atom is 0.407 e.